The van der Waals surface area contributed by atoms with Crippen molar-refractivity contribution in [1.82, 2.24) is 9.88 Å². The molecule has 1 atom stereocenters. The van der Waals surface area contributed by atoms with E-state index in [4.69, 9.17) is 4.74 Å². The highest BCUT2D eigenvalue weighted by Crippen LogP contribution is 2.43. The van der Waals surface area contributed by atoms with E-state index in [9.17, 15) is 0 Å². The van der Waals surface area contributed by atoms with Crippen LogP contribution < -0.4 is 5.32 Å². The highest BCUT2D eigenvalue weighted by Gasteiger charge is 2.42. The third-order valence-electron chi connectivity index (χ3n) is 5.04. The van der Waals surface area contributed by atoms with E-state index in [1.165, 1.54) is 44.2 Å². The van der Waals surface area contributed by atoms with Crippen molar-refractivity contribution in [3.63, 3.8) is 0 Å². The molecule has 1 saturated heterocycles. The minimum Gasteiger partial charge on any atom is -0.370 e. The zero-order valence-corrected chi connectivity index (χ0v) is 13.6. The van der Waals surface area contributed by atoms with Crippen molar-refractivity contribution in [2.75, 3.05) is 6.54 Å². The van der Waals surface area contributed by atoms with Crippen LogP contribution in [0.15, 0.2) is 18.3 Å². The molecule has 0 amide bonds. The molecule has 2 aliphatic rings. The lowest BCUT2D eigenvalue weighted by molar-refractivity contribution is -0.0420. The summed E-state index contributed by atoms with van der Waals surface area (Å²) in [7, 11) is 0. The molecule has 3 heteroatoms. The third-order valence-corrected chi connectivity index (χ3v) is 5.04. The first kappa shape index (κ1) is 15.1. The molecule has 1 saturated carbocycles. The average molecular weight is 290 g/mol. The molecular weight excluding hydrogens is 260 g/mol. The third kappa shape index (κ3) is 3.70. The molecule has 1 aliphatic carbocycles. The van der Waals surface area contributed by atoms with E-state index in [-0.39, 0.29) is 5.60 Å². The highest BCUT2D eigenvalue weighted by molar-refractivity contribution is 5.07. The van der Waals surface area contributed by atoms with Crippen molar-refractivity contribution in [2.24, 2.45) is 5.92 Å². The van der Waals surface area contributed by atoms with Crippen LogP contribution in [0.2, 0.25) is 0 Å². The fourth-order valence-electron chi connectivity index (χ4n) is 3.91. The fourth-order valence-corrected chi connectivity index (χ4v) is 3.91. The van der Waals surface area contributed by atoms with Crippen molar-refractivity contribution >= 4 is 0 Å². The molecule has 21 heavy (non-hydrogen) atoms. The van der Waals surface area contributed by atoms with E-state index >= 15 is 0 Å². The maximum atomic E-state index is 6.44. The second-order valence-corrected chi connectivity index (χ2v) is 7.35. The minimum absolute atomic E-state index is 0.258. The average Bonchev–Trinajstić information content (AvgIpc) is 3.15. The quantitative estimate of drug-likeness (QED) is 0.864. The molecule has 1 aromatic heterocycles. The Hall–Kier alpha value is -0.800. The Bertz CT molecular complexity index is 446. The summed E-state index contributed by atoms with van der Waals surface area (Å²) < 4.78 is 8.82. The fraction of sp³-hybridized carbons (Fsp3) is 0.778. The van der Waals surface area contributed by atoms with Gasteiger partial charge >= 0.3 is 0 Å². The maximum absolute atomic E-state index is 6.44. The van der Waals surface area contributed by atoms with Crippen LogP contribution in [0, 0.1) is 5.92 Å². The van der Waals surface area contributed by atoms with Crippen molar-refractivity contribution in [3.8, 4) is 0 Å². The van der Waals surface area contributed by atoms with Crippen molar-refractivity contribution in [3.05, 3.63) is 24.0 Å². The summed E-state index contributed by atoms with van der Waals surface area (Å²) >= 11 is 0. The van der Waals surface area contributed by atoms with Gasteiger partial charge in [0.15, 0.2) is 0 Å². The van der Waals surface area contributed by atoms with Crippen LogP contribution in [0.25, 0.3) is 0 Å². The smallest absolute Gasteiger partial charge is 0.0762 e. The summed E-state index contributed by atoms with van der Waals surface area (Å²) in [6.07, 6.45) is 10.4. The van der Waals surface area contributed by atoms with Crippen LogP contribution in [0.1, 0.15) is 58.1 Å². The van der Waals surface area contributed by atoms with Gasteiger partial charge in [0.25, 0.3) is 0 Å². The molecule has 1 N–H and O–H groups in total. The minimum atomic E-state index is 0.258. The monoisotopic (exact) mass is 290 g/mol. The molecule has 0 bridgehead atoms. The Morgan fingerprint density at radius 3 is 2.90 bits per heavy atom. The molecule has 2 heterocycles. The van der Waals surface area contributed by atoms with Crippen LogP contribution >= 0.6 is 0 Å². The van der Waals surface area contributed by atoms with Gasteiger partial charge in [-0.15, -0.1) is 0 Å². The lowest BCUT2D eigenvalue weighted by atomic mass is 9.98. The maximum Gasteiger partial charge on any atom is 0.0762 e. The Balaban J connectivity index is 1.52. The van der Waals surface area contributed by atoms with Crippen LogP contribution in [0.4, 0.5) is 0 Å². The SMILES string of the molecule is CC(C)CNCc1cccn1CC1CCC2(CCCC2)O1. The van der Waals surface area contributed by atoms with Crippen LogP contribution in [0.3, 0.4) is 0 Å². The Morgan fingerprint density at radius 2 is 2.14 bits per heavy atom. The Kier molecular flexibility index (Phi) is 4.70. The summed E-state index contributed by atoms with van der Waals surface area (Å²) in [6.45, 7) is 7.56. The summed E-state index contributed by atoms with van der Waals surface area (Å²) in [5.41, 5.74) is 1.64. The molecule has 118 valence electrons. The zero-order chi connectivity index (χ0) is 14.7. The molecule has 1 aliphatic heterocycles. The van der Waals surface area contributed by atoms with Gasteiger partial charge in [-0.3, -0.25) is 0 Å². The van der Waals surface area contributed by atoms with Crippen molar-refractivity contribution in [2.45, 2.75) is 77.2 Å². The lowest BCUT2D eigenvalue weighted by Gasteiger charge is -2.24. The predicted molar refractivity (Wildman–Crippen MR) is 86.3 cm³/mol. The van der Waals surface area contributed by atoms with Gasteiger partial charge in [-0.05, 0) is 50.3 Å². The summed E-state index contributed by atoms with van der Waals surface area (Å²) in [5, 5.41) is 3.54. The number of nitrogens with zero attached hydrogens (tertiary/aromatic N) is 1. The van der Waals surface area contributed by atoms with Crippen LogP contribution in [0.5, 0.6) is 0 Å². The van der Waals surface area contributed by atoms with E-state index in [0.717, 1.165) is 19.6 Å². The number of nitrogens with one attached hydrogen (secondary N) is 1. The van der Waals surface area contributed by atoms with Crippen LogP contribution in [-0.2, 0) is 17.8 Å². The number of hydrogen-bond acceptors (Lipinski definition) is 2. The summed E-state index contributed by atoms with van der Waals surface area (Å²) in [6, 6.07) is 4.39. The van der Waals surface area contributed by atoms with Gasteiger partial charge in [0.05, 0.1) is 11.7 Å². The van der Waals surface area contributed by atoms with Crippen molar-refractivity contribution in [1.29, 1.82) is 0 Å². The van der Waals surface area contributed by atoms with Gasteiger partial charge in [-0.25, -0.2) is 0 Å². The first-order valence-corrected chi connectivity index (χ1v) is 8.69. The standard InChI is InChI=1S/C18H30N2O/c1-15(2)12-19-13-16-6-5-11-20(16)14-17-7-10-18(21-17)8-3-4-9-18/h5-6,11,15,17,19H,3-4,7-10,12-14H2,1-2H3. The van der Waals surface area contributed by atoms with Gasteiger partial charge in [0, 0.05) is 25.0 Å². The predicted octanol–water partition coefficient (Wildman–Crippen LogP) is 3.73. The summed E-state index contributed by atoms with van der Waals surface area (Å²) in [4.78, 5) is 0. The molecule has 1 aromatic rings. The summed E-state index contributed by atoms with van der Waals surface area (Å²) in [5.74, 6) is 0.703. The van der Waals surface area contributed by atoms with Crippen LogP contribution in [-0.4, -0.2) is 22.8 Å². The Morgan fingerprint density at radius 1 is 1.33 bits per heavy atom. The van der Waals surface area contributed by atoms with Gasteiger partial charge in [-0.2, -0.15) is 0 Å². The van der Waals surface area contributed by atoms with E-state index in [0.29, 0.717) is 12.0 Å². The second-order valence-electron chi connectivity index (χ2n) is 7.35. The van der Waals surface area contributed by atoms with Gasteiger partial charge in [-0.1, -0.05) is 26.7 Å². The number of ether oxygens (including phenoxy) is 1. The number of rotatable bonds is 6. The first-order chi connectivity index (χ1) is 10.2. The van der Waals surface area contributed by atoms with E-state index < -0.39 is 0 Å². The van der Waals surface area contributed by atoms with E-state index in [2.05, 4.69) is 42.1 Å². The molecule has 1 spiro atoms. The molecule has 3 nitrogen and oxygen atoms in total. The zero-order valence-electron chi connectivity index (χ0n) is 13.6. The second kappa shape index (κ2) is 6.53. The number of hydrogen-bond donors (Lipinski definition) is 1. The van der Waals surface area contributed by atoms with Crippen molar-refractivity contribution < 1.29 is 4.74 Å². The normalized spacial score (nSPS) is 24.4. The largest absolute Gasteiger partial charge is 0.370 e. The highest BCUT2D eigenvalue weighted by atomic mass is 16.5. The topological polar surface area (TPSA) is 26.2 Å². The molecule has 3 rings (SSSR count). The van der Waals surface area contributed by atoms with Gasteiger partial charge < -0.3 is 14.6 Å². The van der Waals surface area contributed by atoms with Gasteiger partial charge in [0.1, 0.15) is 0 Å². The first-order valence-electron chi connectivity index (χ1n) is 8.69. The molecule has 1 unspecified atom stereocenters. The lowest BCUT2D eigenvalue weighted by Crippen LogP contribution is -2.27. The molecule has 0 radical (unpaired) electrons. The number of aromatic nitrogens is 1. The molecule has 2 fully saturated rings. The van der Waals surface area contributed by atoms with E-state index in [1.807, 2.05) is 0 Å². The molecule has 0 aromatic carbocycles. The molecular formula is C18H30N2O. The van der Waals surface area contributed by atoms with Gasteiger partial charge in [0.2, 0.25) is 0 Å². The van der Waals surface area contributed by atoms with E-state index in [1.54, 1.807) is 0 Å². The Labute approximate surface area is 129 Å².